The van der Waals surface area contributed by atoms with Gasteiger partial charge < -0.3 is 19.9 Å². The minimum atomic E-state index is -4.43. The number of benzene rings is 1. The van der Waals surface area contributed by atoms with E-state index >= 15 is 0 Å². The summed E-state index contributed by atoms with van der Waals surface area (Å²) in [6.07, 6.45) is 0. The molecular formula is C9H11NaO6S. The van der Waals surface area contributed by atoms with Crippen LogP contribution in [-0.2, 0) is 29.1 Å². The number of aliphatic hydroxyl groups is 2. The summed E-state index contributed by atoms with van der Waals surface area (Å²) in [6.45, 7) is -1.02. The Morgan fingerprint density at radius 3 is 1.82 bits per heavy atom. The van der Waals surface area contributed by atoms with Crippen molar-refractivity contribution in [3.63, 3.8) is 0 Å². The summed E-state index contributed by atoms with van der Waals surface area (Å²) in [4.78, 5) is 0. The van der Waals surface area contributed by atoms with Crippen molar-refractivity contribution in [2.75, 3.05) is 0 Å². The van der Waals surface area contributed by atoms with Crippen molar-refractivity contribution in [3.05, 3.63) is 28.8 Å². The normalized spacial score (nSPS) is 11.0. The van der Waals surface area contributed by atoms with Gasteiger partial charge in [0, 0.05) is 11.1 Å². The second kappa shape index (κ2) is 6.69. The standard InChI is InChI=1S/C9H12O6S.Na/c10-3-7-1-6(5-16(13,14)15)2-8(4-11)9(7)12;/h1-2,10-12H,3-5H2,(H,13,14,15);/q;+1/p-1. The van der Waals surface area contributed by atoms with Crippen LogP contribution in [-0.4, -0.2) is 28.3 Å². The van der Waals surface area contributed by atoms with E-state index < -0.39 is 29.1 Å². The largest absolute Gasteiger partial charge is 1.00 e. The Morgan fingerprint density at radius 2 is 1.53 bits per heavy atom. The van der Waals surface area contributed by atoms with Crippen molar-refractivity contribution >= 4 is 10.1 Å². The van der Waals surface area contributed by atoms with E-state index in [0.29, 0.717) is 0 Å². The molecule has 3 N–H and O–H groups in total. The van der Waals surface area contributed by atoms with Crippen molar-refractivity contribution in [1.29, 1.82) is 0 Å². The molecule has 1 rings (SSSR count). The van der Waals surface area contributed by atoms with Gasteiger partial charge in [-0.15, -0.1) is 0 Å². The fraction of sp³-hybridized carbons (Fsp3) is 0.333. The zero-order valence-corrected chi connectivity index (χ0v) is 12.1. The van der Waals surface area contributed by atoms with E-state index in [2.05, 4.69) is 0 Å². The summed E-state index contributed by atoms with van der Waals surface area (Å²) in [5, 5.41) is 27.2. The van der Waals surface area contributed by atoms with E-state index in [0.717, 1.165) is 0 Å². The number of phenols is 1. The summed E-state index contributed by atoms with van der Waals surface area (Å²) >= 11 is 0. The third-order valence-electron chi connectivity index (χ3n) is 2.01. The molecule has 17 heavy (non-hydrogen) atoms. The molecule has 0 saturated heterocycles. The Kier molecular flexibility index (Phi) is 6.64. The van der Waals surface area contributed by atoms with Crippen molar-refractivity contribution in [1.82, 2.24) is 0 Å². The molecule has 1 aromatic carbocycles. The maximum atomic E-state index is 10.5. The maximum Gasteiger partial charge on any atom is 1.00 e. The fourth-order valence-corrected chi connectivity index (χ4v) is 1.94. The van der Waals surface area contributed by atoms with Crippen LogP contribution < -0.4 is 29.6 Å². The zero-order chi connectivity index (χ0) is 12.3. The topological polar surface area (TPSA) is 118 Å². The Hall–Kier alpha value is -0.150. The third kappa shape index (κ3) is 4.92. The summed E-state index contributed by atoms with van der Waals surface area (Å²) < 4.78 is 31.6. The van der Waals surface area contributed by atoms with E-state index in [9.17, 15) is 18.1 Å². The molecule has 0 saturated carbocycles. The van der Waals surface area contributed by atoms with E-state index in [-0.39, 0.29) is 52.0 Å². The van der Waals surface area contributed by atoms with E-state index in [1.165, 1.54) is 12.1 Å². The van der Waals surface area contributed by atoms with Gasteiger partial charge in [-0.25, -0.2) is 8.42 Å². The molecule has 0 radical (unpaired) electrons. The number of hydrogen-bond acceptors (Lipinski definition) is 6. The van der Waals surface area contributed by atoms with Crippen molar-refractivity contribution in [2.45, 2.75) is 19.0 Å². The van der Waals surface area contributed by atoms with E-state index in [1.54, 1.807) is 0 Å². The molecule has 0 bridgehead atoms. The van der Waals surface area contributed by atoms with Crippen LogP contribution in [0.25, 0.3) is 0 Å². The summed E-state index contributed by atoms with van der Waals surface area (Å²) in [5.74, 6) is -1.04. The molecule has 0 unspecified atom stereocenters. The van der Waals surface area contributed by atoms with Crippen molar-refractivity contribution in [2.24, 2.45) is 0 Å². The summed E-state index contributed by atoms with van der Waals surface area (Å²) in [5.41, 5.74) is 0.274. The zero-order valence-electron chi connectivity index (χ0n) is 9.25. The smallest absolute Gasteiger partial charge is 0.748 e. The molecular weight excluding hydrogens is 259 g/mol. The van der Waals surface area contributed by atoms with Crippen LogP contribution in [0.1, 0.15) is 16.7 Å². The number of hydrogen-bond donors (Lipinski definition) is 3. The maximum absolute atomic E-state index is 10.5. The minimum absolute atomic E-state index is 0. The predicted molar refractivity (Wildman–Crippen MR) is 53.4 cm³/mol. The first kappa shape index (κ1) is 16.9. The number of aromatic hydroxyl groups is 1. The number of aliphatic hydroxyl groups excluding tert-OH is 2. The predicted octanol–water partition coefficient (Wildman–Crippen LogP) is -3.57. The van der Waals surface area contributed by atoms with Gasteiger partial charge in [0.25, 0.3) is 0 Å². The van der Waals surface area contributed by atoms with Crippen molar-refractivity contribution in [3.8, 4) is 5.75 Å². The minimum Gasteiger partial charge on any atom is -0.748 e. The average molecular weight is 270 g/mol. The molecule has 0 fully saturated rings. The van der Waals surface area contributed by atoms with Crippen LogP contribution in [0.4, 0.5) is 0 Å². The van der Waals surface area contributed by atoms with E-state index in [4.69, 9.17) is 10.2 Å². The summed E-state index contributed by atoms with van der Waals surface area (Å²) in [7, 11) is -4.43. The first-order valence-corrected chi connectivity index (χ1v) is 5.94. The quantitative estimate of drug-likeness (QED) is 0.385. The van der Waals surface area contributed by atoms with Gasteiger partial charge in [0.15, 0.2) is 0 Å². The summed E-state index contributed by atoms with van der Waals surface area (Å²) in [6, 6.07) is 2.42. The van der Waals surface area contributed by atoms with Crippen LogP contribution in [0.2, 0.25) is 0 Å². The van der Waals surface area contributed by atoms with Gasteiger partial charge in [-0.2, -0.15) is 0 Å². The number of rotatable bonds is 4. The molecule has 0 aliphatic heterocycles. The van der Waals surface area contributed by atoms with Crippen LogP contribution in [0.15, 0.2) is 12.1 Å². The van der Waals surface area contributed by atoms with Gasteiger partial charge in [0.05, 0.1) is 29.1 Å². The first-order chi connectivity index (χ1) is 7.37. The molecule has 90 valence electrons. The van der Waals surface area contributed by atoms with Crippen molar-refractivity contribution < 1.29 is 57.8 Å². The Labute approximate surface area is 121 Å². The van der Waals surface area contributed by atoms with Gasteiger partial charge >= 0.3 is 29.6 Å². The van der Waals surface area contributed by atoms with Gasteiger partial charge in [-0.3, -0.25) is 0 Å². The molecule has 0 amide bonds. The Bertz CT molecular complexity index is 459. The first-order valence-electron chi connectivity index (χ1n) is 4.36. The van der Waals surface area contributed by atoms with Gasteiger partial charge in [-0.1, -0.05) is 0 Å². The second-order valence-corrected chi connectivity index (χ2v) is 4.68. The van der Waals surface area contributed by atoms with Crippen LogP contribution in [0, 0.1) is 0 Å². The van der Waals surface area contributed by atoms with E-state index in [1.807, 2.05) is 0 Å². The average Bonchev–Trinajstić information content (AvgIpc) is 2.18. The molecule has 0 spiro atoms. The van der Waals surface area contributed by atoms with Crippen LogP contribution in [0.3, 0.4) is 0 Å². The van der Waals surface area contributed by atoms with Gasteiger partial charge in [0.2, 0.25) is 0 Å². The molecule has 0 aromatic heterocycles. The molecule has 1 aromatic rings. The fourth-order valence-electron chi connectivity index (χ4n) is 1.36. The molecule has 8 heteroatoms. The molecule has 0 heterocycles. The van der Waals surface area contributed by atoms with Crippen LogP contribution >= 0.6 is 0 Å². The SMILES string of the molecule is O=S(=O)([O-])Cc1cc(CO)c(O)c(CO)c1.[Na+]. The molecule has 0 atom stereocenters. The third-order valence-corrected chi connectivity index (χ3v) is 2.70. The molecule has 6 nitrogen and oxygen atoms in total. The second-order valence-electron chi connectivity index (χ2n) is 3.28. The van der Waals surface area contributed by atoms with Gasteiger partial charge in [-0.05, 0) is 17.7 Å². The van der Waals surface area contributed by atoms with Crippen LogP contribution in [0.5, 0.6) is 5.75 Å². The monoisotopic (exact) mass is 270 g/mol. The Balaban J connectivity index is 0.00000256. The molecule has 0 aliphatic rings. The van der Waals surface area contributed by atoms with Gasteiger partial charge in [0.1, 0.15) is 5.75 Å². The Morgan fingerprint density at radius 1 is 1.12 bits per heavy atom. The molecule has 0 aliphatic carbocycles.